The maximum atomic E-state index is 6.50. The lowest BCUT2D eigenvalue weighted by molar-refractivity contribution is 0.494. The third-order valence-corrected chi connectivity index (χ3v) is 5.63. The zero-order chi connectivity index (χ0) is 19.2. The molecule has 0 aromatic heterocycles. The van der Waals surface area contributed by atoms with Crippen LogP contribution in [-0.4, -0.2) is 0 Å². The predicted molar refractivity (Wildman–Crippen MR) is 123 cm³/mol. The van der Waals surface area contributed by atoms with E-state index in [1.54, 1.807) is 0 Å². The molecule has 0 N–H and O–H groups in total. The quantitative estimate of drug-likeness (QED) is 0.280. The molecular weight excluding hydrogens is 352 g/mol. The Hall–Kier alpha value is -3.84. The van der Waals surface area contributed by atoms with Gasteiger partial charge >= 0.3 is 0 Å². The van der Waals surface area contributed by atoms with Crippen LogP contribution in [0.15, 0.2) is 109 Å². The lowest BCUT2D eigenvalue weighted by Crippen LogP contribution is -1.88. The van der Waals surface area contributed by atoms with E-state index in [4.69, 9.17) is 4.74 Å². The first-order valence-corrected chi connectivity index (χ1v) is 9.86. The van der Waals surface area contributed by atoms with E-state index in [1.165, 1.54) is 32.3 Å². The maximum absolute atomic E-state index is 6.50. The highest BCUT2D eigenvalue weighted by Crippen LogP contribution is 2.37. The van der Waals surface area contributed by atoms with E-state index >= 15 is 0 Å². The largest absolute Gasteiger partial charge is 0.456 e. The number of rotatable bonds is 2. The molecule has 6 rings (SSSR count). The monoisotopic (exact) mass is 370 g/mol. The molecule has 0 atom stereocenters. The van der Waals surface area contributed by atoms with Crippen molar-refractivity contribution in [2.24, 2.45) is 0 Å². The van der Waals surface area contributed by atoms with Crippen LogP contribution in [-0.2, 0) is 0 Å². The van der Waals surface area contributed by atoms with Gasteiger partial charge in [0.2, 0.25) is 0 Å². The molecule has 0 aliphatic heterocycles. The average molecular weight is 370 g/mol. The Morgan fingerprint density at radius 1 is 0.345 bits per heavy atom. The summed E-state index contributed by atoms with van der Waals surface area (Å²) in [6.45, 7) is 0. The van der Waals surface area contributed by atoms with Crippen molar-refractivity contribution in [3.63, 3.8) is 0 Å². The van der Waals surface area contributed by atoms with E-state index in [9.17, 15) is 0 Å². The third-order valence-electron chi connectivity index (χ3n) is 5.63. The average Bonchev–Trinajstić information content (AvgIpc) is 2.77. The highest BCUT2D eigenvalue weighted by Gasteiger charge is 2.09. The molecule has 0 bridgehead atoms. The number of hydrogen-bond acceptors (Lipinski definition) is 1. The molecule has 6 aromatic carbocycles. The molecule has 0 aliphatic carbocycles. The van der Waals surface area contributed by atoms with Gasteiger partial charge in [-0.3, -0.25) is 0 Å². The van der Waals surface area contributed by atoms with E-state index in [1.807, 2.05) is 0 Å². The molecule has 0 radical (unpaired) electrons. The van der Waals surface area contributed by atoms with Crippen LogP contribution in [0, 0.1) is 0 Å². The Balaban J connectivity index is 1.55. The van der Waals surface area contributed by atoms with E-state index in [2.05, 4.69) is 109 Å². The zero-order valence-corrected chi connectivity index (χ0v) is 15.8. The molecule has 0 spiro atoms. The van der Waals surface area contributed by atoms with Crippen molar-refractivity contribution in [3.05, 3.63) is 109 Å². The van der Waals surface area contributed by atoms with Crippen molar-refractivity contribution in [1.29, 1.82) is 0 Å². The Kier molecular flexibility index (Phi) is 3.54. The van der Waals surface area contributed by atoms with Gasteiger partial charge in [0.05, 0.1) is 0 Å². The molecular formula is C28H18O. The van der Waals surface area contributed by atoms with Crippen molar-refractivity contribution in [2.45, 2.75) is 0 Å². The van der Waals surface area contributed by atoms with Crippen LogP contribution in [0.4, 0.5) is 0 Å². The fourth-order valence-corrected chi connectivity index (χ4v) is 4.17. The van der Waals surface area contributed by atoms with Gasteiger partial charge < -0.3 is 4.74 Å². The summed E-state index contributed by atoms with van der Waals surface area (Å²) in [5.41, 5.74) is 0. The van der Waals surface area contributed by atoms with Gasteiger partial charge in [-0.15, -0.1) is 0 Å². The molecule has 0 amide bonds. The van der Waals surface area contributed by atoms with E-state index in [0.717, 1.165) is 22.3 Å². The molecule has 0 saturated heterocycles. The van der Waals surface area contributed by atoms with Crippen LogP contribution in [0.5, 0.6) is 11.5 Å². The van der Waals surface area contributed by atoms with Gasteiger partial charge in [0.25, 0.3) is 0 Å². The van der Waals surface area contributed by atoms with E-state index < -0.39 is 0 Å². The number of benzene rings is 6. The van der Waals surface area contributed by atoms with Gasteiger partial charge in [0, 0.05) is 10.8 Å². The first-order chi connectivity index (χ1) is 14.3. The Morgan fingerprint density at radius 2 is 0.724 bits per heavy atom. The molecule has 136 valence electrons. The van der Waals surface area contributed by atoms with Gasteiger partial charge in [-0.05, 0) is 68.7 Å². The van der Waals surface area contributed by atoms with Crippen LogP contribution >= 0.6 is 0 Å². The molecule has 6 aromatic rings. The standard InChI is InChI=1S/C28H18O/c1-3-9-21-17-25-23(15-19(21)7-1)11-5-13-27(25)29-28-14-6-12-24-16-20-8-2-4-10-22(20)18-26(24)28/h1-18H. The second kappa shape index (κ2) is 6.35. The maximum Gasteiger partial charge on any atom is 0.135 e. The molecule has 0 unspecified atom stereocenters. The summed E-state index contributed by atoms with van der Waals surface area (Å²) in [5, 5.41) is 9.56. The fourth-order valence-electron chi connectivity index (χ4n) is 4.17. The Labute approximate surface area is 168 Å². The van der Waals surface area contributed by atoms with Gasteiger partial charge in [-0.25, -0.2) is 0 Å². The van der Waals surface area contributed by atoms with Crippen molar-refractivity contribution >= 4 is 43.1 Å². The smallest absolute Gasteiger partial charge is 0.135 e. The summed E-state index contributed by atoms with van der Waals surface area (Å²) < 4.78 is 6.50. The Morgan fingerprint density at radius 3 is 1.17 bits per heavy atom. The van der Waals surface area contributed by atoms with Crippen LogP contribution < -0.4 is 4.74 Å². The van der Waals surface area contributed by atoms with Crippen molar-refractivity contribution < 1.29 is 4.74 Å². The predicted octanol–water partition coefficient (Wildman–Crippen LogP) is 8.09. The fraction of sp³-hybridized carbons (Fsp3) is 0. The molecule has 1 nitrogen and oxygen atoms in total. The van der Waals surface area contributed by atoms with Crippen molar-refractivity contribution in [1.82, 2.24) is 0 Å². The molecule has 1 heteroatoms. The topological polar surface area (TPSA) is 9.23 Å². The van der Waals surface area contributed by atoms with Gasteiger partial charge in [0.15, 0.2) is 0 Å². The van der Waals surface area contributed by atoms with Crippen LogP contribution in [0.3, 0.4) is 0 Å². The summed E-state index contributed by atoms with van der Waals surface area (Å²) in [7, 11) is 0. The summed E-state index contributed by atoms with van der Waals surface area (Å²) in [6.07, 6.45) is 0. The number of ether oxygens (including phenoxy) is 1. The number of hydrogen-bond donors (Lipinski definition) is 0. The summed E-state index contributed by atoms with van der Waals surface area (Å²) in [6, 6.07) is 38.3. The SMILES string of the molecule is c1ccc2cc3c(Oc4cccc5cc6ccccc6cc45)cccc3cc2c1. The van der Waals surface area contributed by atoms with Crippen LogP contribution in [0.2, 0.25) is 0 Å². The zero-order valence-electron chi connectivity index (χ0n) is 15.8. The minimum atomic E-state index is 0.883. The highest BCUT2D eigenvalue weighted by molar-refractivity contribution is 6.03. The van der Waals surface area contributed by atoms with Crippen molar-refractivity contribution in [2.75, 3.05) is 0 Å². The summed E-state index contributed by atoms with van der Waals surface area (Å²) in [4.78, 5) is 0. The van der Waals surface area contributed by atoms with Crippen LogP contribution in [0.25, 0.3) is 43.1 Å². The molecule has 0 heterocycles. The normalized spacial score (nSPS) is 11.4. The summed E-state index contributed by atoms with van der Waals surface area (Å²) in [5.74, 6) is 1.77. The first kappa shape index (κ1) is 16.1. The lowest BCUT2D eigenvalue weighted by Gasteiger charge is -2.13. The second-order valence-corrected chi connectivity index (χ2v) is 7.46. The molecule has 0 saturated carbocycles. The molecule has 0 aliphatic rings. The highest BCUT2D eigenvalue weighted by atomic mass is 16.5. The molecule has 0 fully saturated rings. The second-order valence-electron chi connectivity index (χ2n) is 7.46. The minimum absolute atomic E-state index is 0.883. The van der Waals surface area contributed by atoms with Gasteiger partial charge in [-0.2, -0.15) is 0 Å². The number of fused-ring (bicyclic) bond motifs is 4. The molecule has 29 heavy (non-hydrogen) atoms. The third kappa shape index (κ3) is 2.71. The van der Waals surface area contributed by atoms with Gasteiger partial charge in [0.1, 0.15) is 11.5 Å². The Bertz CT molecular complexity index is 1410. The van der Waals surface area contributed by atoms with E-state index in [-0.39, 0.29) is 0 Å². The van der Waals surface area contributed by atoms with E-state index in [0.29, 0.717) is 0 Å². The lowest BCUT2D eigenvalue weighted by atomic mass is 10.0. The van der Waals surface area contributed by atoms with Crippen molar-refractivity contribution in [3.8, 4) is 11.5 Å². The van der Waals surface area contributed by atoms with Crippen LogP contribution in [0.1, 0.15) is 0 Å². The summed E-state index contributed by atoms with van der Waals surface area (Å²) >= 11 is 0. The first-order valence-electron chi connectivity index (χ1n) is 9.86. The minimum Gasteiger partial charge on any atom is -0.456 e. The van der Waals surface area contributed by atoms with Gasteiger partial charge in [-0.1, -0.05) is 72.8 Å².